The molecule has 2 aromatic heterocycles. The van der Waals surface area contributed by atoms with Crippen LogP contribution in [0.3, 0.4) is 0 Å². The van der Waals surface area contributed by atoms with Crippen molar-refractivity contribution >= 4 is 34.2 Å². The van der Waals surface area contributed by atoms with Gasteiger partial charge in [0.15, 0.2) is 0 Å². The highest BCUT2D eigenvalue weighted by Gasteiger charge is 2.11. The molecule has 2 heterocycles. The molecule has 0 unspecified atom stereocenters. The Morgan fingerprint density at radius 3 is 2.85 bits per heavy atom. The quantitative estimate of drug-likeness (QED) is 0.577. The SMILES string of the molecule is Cc1nc2ccc(-c3nnn(CC(=O)Nc4ccc(Cl)cc4)n3)cc2[nH]1. The lowest BCUT2D eigenvalue weighted by atomic mass is 10.2. The highest BCUT2D eigenvalue weighted by molar-refractivity contribution is 6.30. The normalized spacial score (nSPS) is 11.0. The number of aryl methyl sites for hydroxylation is 1. The molecule has 9 heteroatoms. The van der Waals surface area contributed by atoms with Gasteiger partial charge in [0, 0.05) is 16.3 Å². The molecule has 0 saturated heterocycles. The van der Waals surface area contributed by atoms with Crippen molar-refractivity contribution in [3.05, 3.63) is 53.3 Å². The first kappa shape index (κ1) is 16.2. The van der Waals surface area contributed by atoms with Gasteiger partial charge in [-0.3, -0.25) is 4.79 Å². The van der Waals surface area contributed by atoms with Gasteiger partial charge in [0.05, 0.1) is 11.0 Å². The lowest BCUT2D eigenvalue weighted by Crippen LogP contribution is -2.20. The number of tetrazole rings is 1. The van der Waals surface area contributed by atoms with Gasteiger partial charge in [-0.25, -0.2) is 4.98 Å². The maximum absolute atomic E-state index is 12.1. The van der Waals surface area contributed by atoms with E-state index in [2.05, 4.69) is 30.7 Å². The van der Waals surface area contributed by atoms with E-state index in [0.29, 0.717) is 16.5 Å². The minimum atomic E-state index is -0.254. The van der Waals surface area contributed by atoms with Crippen LogP contribution in [0.4, 0.5) is 5.69 Å². The first-order chi connectivity index (χ1) is 12.6. The number of imidazole rings is 1. The number of H-pyrrole nitrogens is 1. The minimum absolute atomic E-state index is 0.0406. The number of amides is 1. The second kappa shape index (κ2) is 6.57. The van der Waals surface area contributed by atoms with Gasteiger partial charge in [-0.2, -0.15) is 4.80 Å². The highest BCUT2D eigenvalue weighted by atomic mass is 35.5. The van der Waals surface area contributed by atoms with Gasteiger partial charge >= 0.3 is 0 Å². The number of fused-ring (bicyclic) bond motifs is 1. The van der Waals surface area contributed by atoms with Crippen LogP contribution in [0, 0.1) is 6.92 Å². The first-order valence-electron chi connectivity index (χ1n) is 7.87. The van der Waals surface area contributed by atoms with E-state index < -0.39 is 0 Å². The molecule has 8 nitrogen and oxygen atoms in total. The molecule has 2 N–H and O–H groups in total. The van der Waals surface area contributed by atoms with E-state index in [1.165, 1.54) is 4.80 Å². The van der Waals surface area contributed by atoms with Crippen molar-refractivity contribution in [2.75, 3.05) is 5.32 Å². The number of nitrogens with one attached hydrogen (secondary N) is 2. The molecule has 0 aliphatic heterocycles. The number of halogens is 1. The van der Waals surface area contributed by atoms with Crippen molar-refractivity contribution in [3.63, 3.8) is 0 Å². The van der Waals surface area contributed by atoms with Crippen LogP contribution in [0.2, 0.25) is 5.02 Å². The van der Waals surface area contributed by atoms with Gasteiger partial charge in [-0.1, -0.05) is 11.6 Å². The summed E-state index contributed by atoms with van der Waals surface area (Å²) in [5, 5.41) is 15.6. The molecular formula is C17H14ClN7O. The van der Waals surface area contributed by atoms with Crippen molar-refractivity contribution in [1.29, 1.82) is 0 Å². The molecule has 4 aromatic rings. The lowest BCUT2D eigenvalue weighted by molar-refractivity contribution is -0.117. The summed E-state index contributed by atoms with van der Waals surface area (Å²) in [6.45, 7) is 1.86. The summed E-state index contributed by atoms with van der Waals surface area (Å²) in [5.41, 5.74) is 3.23. The molecule has 0 atom stereocenters. The Bertz CT molecular complexity index is 1080. The molecule has 0 saturated carbocycles. The molecule has 0 bridgehead atoms. The smallest absolute Gasteiger partial charge is 0.248 e. The van der Waals surface area contributed by atoms with Crippen LogP contribution in [0.15, 0.2) is 42.5 Å². The molecule has 4 rings (SSSR count). The molecule has 0 radical (unpaired) electrons. The van der Waals surface area contributed by atoms with Crippen molar-refractivity contribution in [1.82, 2.24) is 30.2 Å². The van der Waals surface area contributed by atoms with E-state index in [4.69, 9.17) is 11.6 Å². The van der Waals surface area contributed by atoms with Gasteiger partial charge in [0.2, 0.25) is 11.7 Å². The van der Waals surface area contributed by atoms with Gasteiger partial charge in [-0.05, 0) is 54.6 Å². The van der Waals surface area contributed by atoms with Crippen LogP contribution >= 0.6 is 11.6 Å². The molecule has 1 amide bonds. The zero-order chi connectivity index (χ0) is 18.1. The average molecular weight is 368 g/mol. The Morgan fingerprint density at radius 2 is 2.04 bits per heavy atom. The highest BCUT2D eigenvalue weighted by Crippen LogP contribution is 2.20. The first-order valence-corrected chi connectivity index (χ1v) is 8.24. The maximum atomic E-state index is 12.1. The summed E-state index contributed by atoms with van der Waals surface area (Å²) in [5.74, 6) is 1.03. The number of hydrogen-bond acceptors (Lipinski definition) is 5. The Labute approximate surface area is 153 Å². The number of aromatic amines is 1. The van der Waals surface area contributed by atoms with Crippen molar-refractivity contribution in [2.24, 2.45) is 0 Å². The van der Waals surface area contributed by atoms with E-state index in [0.717, 1.165) is 22.4 Å². The van der Waals surface area contributed by atoms with E-state index >= 15 is 0 Å². The molecule has 2 aromatic carbocycles. The van der Waals surface area contributed by atoms with Crippen LogP contribution in [-0.4, -0.2) is 36.1 Å². The summed E-state index contributed by atoms with van der Waals surface area (Å²) in [4.78, 5) is 20.9. The fraction of sp³-hybridized carbons (Fsp3) is 0.118. The summed E-state index contributed by atoms with van der Waals surface area (Å²) < 4.78 is 0. The third-order valence-corrected chi connectivity index (χ3v) is 3.98. The van der Waals surface area contributed by atoms with E-state index in [1.54, 1.807) is 24.3 Å². The standard InChI is InChI=1S/C17H14ClN7O/c1-10-19-14-7-2-11(8-15(14)20-10)17-22-24-25(23-17)9-16(26)21-13-5-3-12(18)4-6-13/h2-8H,9H2,1H3,(H,19,20)(H,21,26). The second-order valence-electron chi connectivity index (χ2n) is 5.75. The lowest BCUT2D eigenvalue weighted by Gasteiger charge is -2.04. The van der Waals surface area contributed by atoms with Crippen molar-refractivity contribution in [2.45, 2.75) is 13.5 Å². The number of carbonyl (C=O) groups excluding carboxylic acids is 1. The molecule has 26 heavy (non-hydrogen) atoms. The number of nitrogens with zero attached hydrogens (tertiary/aromatic N) is 5. The Morgan fingerprint density at radius 1 is 1.23 bits per heavy atom. The number of aromatic nitrogens is 6. The van der Waals surface area contributed by atoms with Gasteiger partial charge in [0.25, 0.3) is 0 Å². The molecular weight excluding hydrogens is 354 g/mol. The summed E-state index contributed by atoms with van der Waals surface area (Å²) >= 11 is 5.83. The van der Waals surface area contributed by atoms with Crippen LogP contribution in [0.1, 0.15) is 5.82 Å². The van der Waals surface area contributed by atoms with E-state index in [9.17, 15) is 4.79 Å². The third-order valence-electron chi connectivity index (χ3n) is 3.72. The summed E-state index contributed by atoms with van der Waals surface area (Å²) in [6.07, 6.45) is 0. The molecule has 0 aliphatic carbocycles. The van der Waals surface area contributed by atoms with Crippen LogP contribution < -0.4 is 5.32 Å². The number of hydrogen-bond donors (Lipinski definition) is 2. The van der Waals surface area contributed by atoms with Crippen LogP contribution in [0.25, 0.3) is 22.4 Å². The fourth-order valence-electron chi connectivity index (χ4n) is 2.56. The third kappa shape index (κ3) is 3.40. The largest absolute Gasteiger partial charge is 0.342 e. The predicted molar refractivity (Wildman–Crippen MR) is 97.7 cm³/mol. The fourth-order valence-corrected chi connectivity index (χ4v) is 2.69. The average Bonchev–Trinajstić information content (AvgIpc) is 3.21. The maximum Gasteiger partial charge on any atom is 0.248 e. The minimum Gasteiger partial charge on any atom is -0.342 e. The van der Waals surface area contributed by atoms with Gasteiger partial charge < -0.3 is 10.3 Å². The zero-order valence-electron chi connectivity index (χ0n) is 13.8. The van der Waals surface area contributed by atoms with Crippen LogP contribution in [0.5, 0.6) is 0 Å². The summed E-state index contributed by atoms with van der Waals surface area (Å²) in [6, 6.07) is 12.5. The van der Waals surface area contributed by atoms with Crippen LogP contribution in [-0.2, 0) is 11.3 Å². The van der Waals surface area contributed by atoms with Gasteiger partial charge in [-0.15, -0.1) is 10.2 Å². The van der Waals surface area contributed by atoms with E-state index in [1.807, 2.05) is 25.1 Å². The Hall–Kier alpha value is -3.26. The Balaban J connectivity index is 1.48. The predicted octanol–water partition coefficient (Wildman–Crippen LogP) is 2.82. The Kier molecular flexibility index (Phi) is 4.10. The molecule has 130 valence electrons. The topological polar surface area (TPSA) is 101 Å². The monoisotopic (exact) mass is 367 g/mol. The van der Waals surface area contributed by atoms with Crippen molar-refractivity contribution < 1.29 is 4.79 Å². The number of rotatable bonds is 4. The molecule has 0 fully saturated rings. The zero-order valence-corrected chi connectivity index (χ0v) is 14.5. The van der Waals surface area contributed by atoms with E-state index in [-0.39, 0.29) is 12.5 Å². The van der Waals surface area contributed by atoms with Gasteiger partial charge in [0.1, 0.15) is 12.4 Å². The number of carbonyl (C=O) groups is 1. The molecule has 0 spiro atoms. The van der Waals surface area contributed by atoms with Crippen molar-refractivity contribution in [3.8, 4) is 11.4 Å². The number of benzene rings is 2. The summed E-state index contributed by atoms with van der Waals surface area (Å²) in [7, 11) is 0. The number of anilines is 1. The molecule has 0 aliphatic rings. The second-order valence-corrected chi connectivity index (χ2v) is 6.19.